The van der Waals surface area contributed by atoms with Crippen LogP contribution in [0.4, 0.5) is 0 Å². The average Bonchev–Trinajstić information content (AvgIpc) is 2.32. The highest BCUT2D eigenvalue weighted by Gasteiger charge is 2.21. The van der Waals surface area contributed by atoms with Crippen molar-refractivity contribution >= 4 is 0 Å². The molecule has 0 radical (unpaired) electrons. The van der Waals surface area contributed by atoms with E-state index in [1.165, 1.54) is 17.7 Å². The number of benzene rings is 1. The van der Waals surface area contributed by atoms with E-state index in [0.29, 0.717) is 6.04 Å². The standard InChI is InChI=1S/C15H24N2/c1-12(2)15-11-17(9-8-16-15)10-14-7-5-4-6-13(14)3/h4-7,12,15-16H,8-11H2,1-3H3. The molecule has 1 aromatic carbocycles. The zero-order chi connectivity index (χ0) is 12.3. The Bertz CT molecular complexity index is 360. The maximum absolute atomic E-state index is 3.61. The third-order valence-corrected chi connectivity index (χ3v) is 3.75. The van der Waals surface area contributed by atoms with E-state index in [2.05, 4.69) is 55.3 Å². The van der Waals surface area contributed by atoms with E-state index < -0.39 is 0 Å². The number of hydrogen-bond acceptors (Lipinski definition) is 2. The Morgan fingerprint density at radius 3 is 2.82 bits per heavy atom. The van der Waals surface area contributed by atoms with Gasteiger partial charge in [-0.1, -0.05) is 38.1 Å². The smallest absolute Gasteiger partial charge is 0.0237 e. The topological polar surface area (TPSA) is 15.3 Å². The molecule has 0 amide bonds. The summed E-state index contributed by atoms with van der Waals surface area (Å²) < 4.78 is 0. The van der Waals surface area contributed by atoms with Gasteiger partial charge in [0.1, 0.15) is 0 Å². The number of piperazine rings is 1. The van der Waals surface area contributed by atoms with Gasteiger partial charge in [0.2, 0.25) is 0 Å². The van der Waals surface area contributed by atoms with Gasteiger partial charge in [0.25, 0.3) is 0 Å². The normalized spacial score (nSPS) is 22.0. The molecule has 2 nitrogen and oxygen atoms in total. The average molecular weight is 232 g/mol. The van der Waals surface area contributed by atoms with Gasteiger partial charge in [0.05, 0.1) is 0 Å². The molecule has 1 heterocycles. The first-order valence-electron chi connectivity index (χ1n) is 6.67. The molecule has 2 heteroatoms. The molecule has 1 N–H and O–H groups in total. The van der Waals surface area contributed by atoms with E-state index in [1.54, 1.807) is 0 Å². The maximum Gasteiger partial charge on any atom is 0.0237 e. The van der Waals surface area contributed by atoms with Crippen molar-refractivity contribution in [3.63, 3.8) is 0 Å². The fraction of sp³-hybridized carbons (Fsp3) is 0.600. The zero-order valence-electron chi connectivity index (χ0n) is 11.2. The third kappa shape index (κ3) is 3.30. The largest absolute Gasteiger partial charge is 0.311 e. The minimum atomic E-state index is 0.646. The van der Waals surface area contributed by atoms with Crippen molar-refractivity contribution in [3.05, 3.63) is 35.4 Å². The minimum absolute atomic E-state index is 0.646. The molecule has 0 saturated carbocycles. The number of rotatable bonds is 3. The maximum atomic E-state index is 3.61. The van der Waals surface area contributed by atoms with Gasteiger partial charge < -0.3 is 5.32 Å². The summed E-state index contributed by atoms with van der Waals surface area (Å²) in [6, 6.07) is 9.37. The van der Waals surface area contributed by atoms with Gasteiger partial charge in [-0.2, -0.15) is 0 Å². The molecule has 17 heavy (non-hydrogen) atoms. The third-order valence-electron chi connectivity index (χ3n) is 3.75. The number of aryl methyl sites for hydroxylation is 1. The quantitative estimate of drug-likeness (QED) is 0.861. The van der Waals surface area contributed by atoms with Crippen molar-refractivity contribution in [1.82, 2.24) is 10.2 Å². The van der Waals surface area contributed by atoms with Gasteiger partial charge in [-0.3, -0.25) is 4.90 Å². The van der Waals surface area contributed by atoms with Crippen LogP contribution in [0.5, 0.6) is 0 Å². The monoisotopic (exact) mass is 232 g/mol. The number of nitrogens with zero attached hydrogens (tertiary/aromatic N) is 1. The summed E-state index contributed by atoms with van der Waals surface area (Å²) in [7, 11) is 0. The van der Waals surface area contributed by atoms with Crippen LogP contribution in [-0.4, -0.2) is 30.6 Å². The molecule has 1 aliphatic rings. The Morgan fingerprint density at radius 1 is 1.35 bits per heavy atom. The van der Waals surface area contributed by atoms with Crippen LogP contribution in [0.1, 0.15) is 25.0 Å². The molecule has 1 aromatic rings. The lowest BCUT2D eigenvalue weighted by atomic mass is 10.0. The summed E-state index contributed by atoms with van der Waals surface area (Å²) >= 11 is 0. The van der Waals surface area contributed by atoms with Crippen LogP contribution in [0, 0.1) is 12.8 Å². The molecule has 2 rings (SSSR count). The van der Waals surface area contributed by atoms with E-state index in [0.717, 1.165) is 25.6 Å². The SMILES string of the molecule is Cc1ccccc1CN1CCNC(C(C)C)C1. The first kappa shape index (κ1) is 12.6. The van der Waals surface area contributed by atoms with Gasteiger partial charge in [-0.25, -0.2) is 0 Å². The molecule has 1 saturated heterocycles. The van der Waals surface area contributed by atoms with E-state index in [-0.39, 0.29) is 0 Å². The van der Waals surface area contributed by atoms with E-state index >= 15 is 0 Å². The predicted octanol–water partition coefficient (Wildman–Crippen LogP) is 2.42. The fourth-order valence-electron chi connectivity index (χ4n) is 2.46. The van der Waals surface area contributed by atoms with Crippen molar-refractivity contribution < 1.29 is 0 Å². The lowest BCUT2D eigenvalue weighted by Gasteiger charge is -2.36. The van der Waals surface area contributed by atoms with Crippen LogP contribution in [0.15, 0.2) is 24.3 Å². The van der Waals surface area contributed by atoms with Crippen molar-refractivity contribution in [1.29, 1.82) is 0 Å². The summed E-state index contributed by atoms with van der Waals surface area (Å²) in [4.78, 5) is 2.57. The van der Waals surface area contributed by atoms with E-state index in [1.807, 2.05) is 0 Å². The molecule has 1 aliphatic heterocycles. The van der Waals surface area contributed by atoms with Crippen molar-refractivity contribution in [2.45, 2.75) is 33.4 Å². The second kappa shape index (κ2) is 5.65. The molecular weight excluding hydrogens is 208 g/mol. The van der Waals surface area contributed by atoms with Gasteiger partial charge in [-0.15, -0.1) is 0 Å². The molecule has 1 unspecified atom stereocenters. The molecule has 0 bridgehead atoms. The lowest BCUT2D eigenvalue weighted by Crippen LogP contribution is -2.52. The predicted molar refractivity (Wildman–Crippen MR) is 73.1 cm³/mol. The Balaban J connectivity index is 1.97. The van der Waals surface area contributed by atoms with Gasteiger partial charge in [0, 0.05) is 32.2 Å². The highest BCUT2D eigenvalue weighted by molar-refractivity contribution is 5.25. The van der Waals surface area contributed by atoms with Crippen LogP contribution in [-0.2, 0) is 6.54 Å². The summed E-state index contributed by atoms with van der Waals surface area (Å²) in [5, 5.41) is 3.61. The second-order valence-corrected chi connectivity index (χ2v) is 5.47. The van der Waals surface area contributed by atoms with Crippen molar-refractivity contribution in [2.75, 3.05) is 19.6 Å². The molecule has 0 aliphatic carbocycles. The first-order chi connectivity index (χ1) is 8.16. The molecule has 0 aromatic heterocycles. The van der Waals surface area contributed by atoms with Crippen molar-refractivity contribution in [2.24, 2.45) is 5.92 Å². The highest BCUT2D eigenvalue weighted by Crippen LogP contribution is 2.14. The van der Waals surface area contributed by atoms with Gasteiger partial charge in [-0.05, 0) is 24.0 Å². The Kier molecular flexibility index (Phi) is 4.19. The van der Waals surface area contributed by atoms with Gasteiger partial charge in [0.15, 0.2) is 0 Å². The Hall–Kier alpha value is -0.860. The fourth-order valence-corrected chi connectivity index (χ4v) is 2.46. The van der Waals surface area contributed by atoms with E-state index in [9.17, 15) is 0 Å². The summed E-state index contributed by atoms with van der Waals surface area (Å²) in [5.74, 6) is 0.717. The molecular formula is C15H24N2. The van der Waals surface area contributed by atoms with Crippen LogP contribution >= 0.6 is 0 Å². The molecule has 0 spiro atoms. The Morgan fingerprint density at radius 2 is 2.12 bits per heavy atom. The summed E-state index contributed by atoms with van der Waals surface area (Å²) in [6.07, 6.45) is 0. The number of nitrogens with one attached hydrogen (secondary N) is 1. The summed E-state index contributed by atoms with van der Waals surface area (Å²) in [5.41, 5.74) is 2.88. The van der Waals surface area contributed by atoms with Crippen LogP contribution in [0.3, 0.4) is 0 Å². The van der Waals surface area contributed by atoms with Crippen molar-refractivity contribution in [3.8, 4) is 0 Å². The number of hydrogen-bond donors (Lipinski definition) is 1. The first-order valence-corrected chi connectivity index (χ1v) is 6.67. The summed E-state index contributed by atoms with van der Waals surface area (Å²) in [6.45, 7) is 11.4. The van der Waals surface area contributed by atoms with Gasteiger partial charge >= 0.3 is 0 Å². The van der Waals surface area contributed by atoms with E-state index in [4.69, 9.17) is 0 Å². The highest BCUT2D eigenvalue weighted by atomic mass is 15.2. The molecule has 94 valence electrons. The van der Waals surface area contributed by atoms with Crippen LogP contribution in [0.2, 0.25) is 0 Å². The Labute approximate surface area is 105 Å². The zero-order valence-corrected chi connectivity index (χ0v) is 11.2. The second-order valence-electron chi connectivity index (χ2n) is 5.47. The van der Waals surface area contributed by atoms with Crippen LogP contribution < -0.4 is 5.32 Å². The molecule has 1 atom stereocenters. The minimum Gasteiger partial charge on any atom is -0.311 e. The van der Waals surface area contributed by atoms with Crippen LogP contribution in [0.25, 0.3) is 0 Å². The molecule has 1 fully saturated rings. The lowest BCUT2D eigenvalue weighted by molar-refractivity contribution is 0.168.